The lowest BCUT2D eigenvalue weighted by molar-refractivity contribution is -0.122. The molecule has 128 valence electrons. The molecular weight excluding hydrogens is 316 g/mol. The largest absolute Gasteiger partial charge is 0.351 e. The highest BCUT2D eigenvalue weighted by Crippen LogP contribution is 2.31. The smallest absolute Gasteiger partial charge is 0.242 e. The van der Waals surface area contributed by atoms with Crippen molar-refractivity contribution >= 4 is 15.7 Å². The molecule has 1 aromatic rings. The van der Waals surface area contributed by atoms with Gasteiger partial charge >= 0.3 is 0 Å². The van der Waals surface area contributed by atoms with E-state index in [1.165, 1.54) is 19.3 Å². The predicted octanol–water partition coefficient (Wildman–Crippen LogP) is 0.938. The fourth-order valence-electron chi connectivity index (χ4n) is 3.57. The second-order valence-electron chi connectivity index (χ2n) is 6.68. The number of hydrogen-bond acceptors (Lipinski definition) is 5. The highest BCUT2D eigenvalue weighted by Gasteiger charge is 2.29. The molecule has 1 aliphatic carbocycles. The van der Waals surface area contributed by atoms with Crippen molar-refractivity contribution in [1.29, 1.82) is 0 Å². The van der Waals surface area contributed by atoms with Gasteiger partial charge in [0.1, 0.15) is 18.2 Å². The standard InChI is InChI=1S/C15H24N4O3S/c1-11-16-15(12-5-3-2-4-6-12)19(18-11)9-14(20)17-13-7-8-23(21,22)10-13/h12-13H,2-10H2,1H3,(H,17,20). The molecule has 2 aliphatic rings. The van der Waals surface area contributed by atoms with Crippen molar-refractivity contribution in [3.05, 3.63) is 11.6 Å². The molecule has 1 aliphatic heterocycles. The Morgan fingerprint density at radius 2 is 2.00 bits per heavy atom. The van der Waals surface area contributed by atoms with E-state index >= 15 is 0 Å². The summed E-state index contributed by atoms with van der Waals surface area (Å²) in [5, 5.41) is 7.17. The van der Waals surface area contributed by atoms with Gasteiger partial charge in [0.05, 0.1) is 11.5 Å². The highest BCUT2D eigenvalue weighted by molar-refractivity contribution is 7.91. The van der Waals surface area contributed by atoms with Gasteiger partial charge in [-0.2, -0.15) is 5.10 Å². The highest BCUT2D eigenvalue weighted by atomic mass is 32.2. The third kappa shape index (κ3) is 4.10. The first-order chi connectivity index (χ1) is 10.9. The number of rotatable bonds is 4. The molecule has 0 aromatic carbocycles. The zero-order valence-electron chi connectivity index (χ0n) is 13.5. The summed E-state index contributed by atoms with van der Waals surface area (Å²) in [6, 6.07) is -0.268. The second-order valence-corrected chi connectivity index (χ2v) is 8.91. The Bertz CT molecular complexity index is 677. The van der Waals surface area contributed by atoms with E-state index in [1.54, 1.807) is 4.68 Å². The maximum atomic E-state index is 12.2. The van der Waals surface area contributed by atoms with Crippen molar-refractivity contribution in [2.24, 2.45) is 0 Å². The van der Waals surface area contributed by atoms with Crippen molar-refractivity contribution in [1.82, 2.24) is 20.1 Å². The van der Waals surface area contributed by atoms with E-state index in [9.17, 15) is 13.2 Å². The van der Waals surface area contributed by atoms with Crippen molar-refractivity contribution in [3.63, 3.8) is 0 Å². The molecule has 1 unspecified atom stereocenters. The van der Waals surface area contributed by atoms with Crippen LogP contribution < -0.4 is 5.32 Å². The molecule has 7 nitrogen and oxygen atoms in total. The molecule has 1 atom stereocenters. The first kappa shape index (κ1) is 16.4. The van der Waals surface area contributed by atoms with Crippen LogP contribution in [-0.4, -0.2) is 46.6 Å². The van der Waals surface area contributed by atoms with Crippen LogP contribution in [0.25, 0.3) is 0 Å². The summed E-state index contributed by atoms with van der Waals surface area (Å²) < 4.78 is 24.6. The zero-order valence-corrected chi connectivity index (χ0v) is 14.3. The summed E-state index contributed by atoms with van der Waals surface area (Å²) in [6.45, 7) is 1.95. The normalized spacial score (nSPS) is 24.7. The Morgan fingerprint density at radius 3 is 2.65 bits per heavy atom. The third-order valence-corrected chi connectivity index (χ3v) is 6.44. The molecule has 1 amide bonds. The Labute approximate surface area is 136 Å². The Morgan fingerprint density at radius 1 is 1.26 bits per heavy atom. The lowest BCUT2D eigenvalue weighted by Crippen LogP contribution is -2.38. The van der Waals surface area contributed by atoms with E-state index in [-0.39, 0.29) is 30.0 Å². The predicted molar refractivity (Wildman–Crippen MR) is 85.8 cm³/mol. The number of nitrogens with one attached hydrogen (secondary N) is 1. The molecule has 0 spiro atoms. The van der Waals surface area contributed by atoms with Crippen LogP contribution in [0.2, 0.25) is 0 Å². The minimum atomic E-state index is -2.98. The summed E-state index contributed by atoms with van der Waals surface area (Å²) >= 11 is 0. The lowest BCUT2D eigenvalue weighted by atomic mass is 9.89. The van der Waals surface area contributed by atoms with Crippen LogP contribution >= 0.6 is 0 Å². The Hall–Kier alpha value is -1.44. The Kier molecular flexibility index (Phi) is 4.70. The number of amides is 1. The van der Waals surface area contributed by atoms with Crippen LogP contribution in [0.3, 0.4) is 0 Å². The van der Waals surface area contributed by atoms with Gasteiger partial charge in [0.2, 0.25) is 5.91 Å². The molecule has 2 fully saturated rings. The average molecular weight is 340 g/mol. The van der Waals surface area contributed by atoms with E-state index in [1.807, 2.05) is 6.92 Å². The molecular formula is C15H24N4O3S. The van der Waals surface area contributed by atoms with E-state index in [0.717, 1.165) is 18.7 Å². The fraction of sp³-hybridized carbons (Fsp3) is 0.800. The number of aryl methyl sites for hydroxylation is 1. The van der Waals surface area contributed by atoms with Gasteiger partial charge in [0, 0.05) is 12.0 Å². The summed E-state index contributed by atoms with van der Waals surface area (Å²) in [7, 11) is -2.98. The number of nitrogens with zero attached hydrogens (tertiary/aromatic N) is 3. The van der Waals surface area contributed by atoms with Crippen molar-refractivity contribution in [2.45, 2.75) is 64.0 Å². The quantitative estimate of drug-likeness (QED) is 0.880. The van der Waals surface area contributed by atoms with E-state index in [4.69, 9.17) is 0 Å². The molecule has 3 rings (SSSR count). The minimum absolute atomic E-state index is 0.0462. The SMILES string of the molecule is Cc1nc(C2CCCCC2)n(CC(=O)NC2CCS(=O)(=O)C2)n1. The van der Waals surface area contributed by atoms with E-state index in [0.29, 0.717) is 18.2 Å². The molecule has 1 saturated carbocycles. The van der Waals surface area contributed by atoms with Gasteiger partial charge in [-0.3, -0.25) is 4.79 Å². The minimum Gasteiger partial charge on any atom is -0.351 e. The number of carbonyl (C=O) groups excluding carboxylic acids is 1. The molecule has 1 aromatic heterocycles. The van der Waals surface area contributed by atoms with Gasteiger partial charge in [-0.05, 0) is 26.2 Å². The van der Waals surface area contributed by atoms with Crippen LogP contribution in [0.15, 0.2) is 0 Å². The summed E-state index contributed by atoms with van der Waals surface area (Å²) in [5.74, 6) is 1.98. The number of hydrogen-bond donors (Lipinski definition) is 1. The average Bonchev–Trinajstić information content (AvgIpc) is 3.02. The van der Waals surface area contributed by atoms with E-state index < -0.39 is 9.84 Å². The molecule has 0 bridgehead atoms. The molecule has 8 heteroatoms. The second kappa shape index (κ2) is 6.59. The van der Waals surface area contributed by atoms with Crippen molar-refractivity contribution < 1.29 is 13.2 Å². The molecule has 0 radical (unpaired) electrons. The fourth-order valence-corrected chi connectivity index (χ4v) is 5.24. The van der Waals surface area contributed by atoms with Crippen LogP contribution in [0.4, 0.5) is 0 Å². The number of carbonyl (C=O) groups is 1. The molecule has 1 N–H and O–H groups in total. The molecule has 23 heavy (non-hydrogen) atoms. The summed E-state index contributed by atoms with van der Waals surface area (Å²) in [6.07, 6.45) is 6.35. The summed E-state index contributed by atoms with van der Waals surface area (Å²) in [4.78, 5) is 16.7. The third-order valence-electron chi connectivity index (χ3n) is 4.67. The van der Waals surface area contributed by atoms with Gasteiger partial charge in [-0.25, -0.2) is 18.1 Å². The van der Waals surface area contributed by atoms with Gasteiger partial charge in [0.15, 0.2) is 9.84 Å². The Balaban J connectivity index is 1.64. The number of aromatic nitrogens is 3. The first-order valence-electron chi connectivity index (χ1n) is 8.34. The van der Waals surface area contributed by atoms with Crippen LogP contribution in [0.5, 0.6) is 0 Å². The van der Waals surface area contributed by atoms with Gasteiger partial charge < -0.3 is 5.32 Å². The molecule has 2 heterocycles. The van der Waals surface area contributed by atoms with E-state index in [2.05, 4.69) is 15.4 Å². The van der Waals surface area contributed by atoms with Gasteiger partial charge in [0.25, 0.3) is 0 Å². The topological polar surface area (TPSA) is 94.0 Å². The lowest BCUT2D eigenvalue weighted by Gasteiger charge is -2.21. The first-order valence-corrected chi connectivity index (χ1v) is 10.2. The molecule has 1 saturated heterocycles. The van der Waals surface area contributed by atoms with Crippen molar-refractivity contribution in [3.8, 4) is 0 Å². The summed E-state index contributed by atoms with van der Waals surface area (Å²) in [5.41, 5.74) is 0. The van der Waals surface area contributed by atoms with Gasteiger partial charge in [-0.15, -0.1) is 0 Å². The maximum absolute atomic E-state index is 12.2. The van der Waals surface area contributed by atoms with Crippen LogP contribution in [0, 0.1) is 6.92 Å². The van der Waals surface area contributed by atoms with Crippen LogP contribution in [-0.2, 0) is 21.2 Å². The monoisotopic (exact) mass is 340 g/mol. The van der Waals surface area contributed by atoms with Crippen molar-refractivity contribution in [2.75, 3.05) is 11.5 Å². The maximum Gasteiger partial charge on any atom is 0.242 e. The zero-order chi connectivity index (χ0) is 16.4. The van der Waals surface area contributed by atoms with Gasteiger partial charge in [-0.1, -0.05) is 19.3 Å². The number of sulfone groups is 1. The van der Waals surface area contributed by atoms with Crippen LogP contribution in [0.1, 0.15) is 56.1 Å².